The van der Waals surface area contributed by atoms with Crippen LogP contribution in [-0.4, -0.2) is 44.7 Å². The fraction of sp³-hybridized carbons (Fsp3) is 0.600. The lowest BCUT2D eigenvalue weighted by atomic mass is 9.94. The van der Waals surface area contributed by atoms with E-state index in [2.05, 4.69) is 22.5 Å². The SMILES string of the molecule is CNC(c1ccc(F)cc1)C(C)CN1CCNCC1. The van der Waals surface area contributed by atoms with Crippen LogP contribution in [-0.2, 0) is 0 Å². The number of rotatable bonds is 5. The van der Waals surface area contributed by atoms with Crippen molar-refractivity contribution in [2.75, 3.05) is 39.8 Å². The molecule has 2 rings (SSSR count). The highest BCUT2D eigenvalue weighted by atomic mass is 19.1. The molecule has 0 radical (unpaired) electrons. The maximum Gasteiger partial charge on any atom is 0.123 e. The summed E-state index contributed by atoms with van der Waals surface area (Å²) >= 11 is 0. The Labute approximate surface area is 115 Å². The molecule has 0 bridgehead atoms. The molecule has 1 aliphatic rings. The van der Waals surface area contributed by atoms with Gasteiger partial charge >= 0.3 is 0 Å². The van der Waals surface area contributed by atoms with Crippen molar-refractivity contribution in [3.8, 4) is 0 Å². The molecule has 2 N–H and O–H groups in total. The first kappa shape index (κ1) is 14.4. The Kier molecular flexibility index (Phi) is 5.31. The summed E-state index contributed by atoms with van der Waals surface area (Å²) in [5.41, 5.74) is 1.16. The molecule has 0 aliphatic carbocycles. The normalized spacial score (nSPS) is 20.2. The van der Waals surface area contributed by atoms with E-state index < -0.39 is 0 Å². The Balaban J connectivity index is 1.97. The van der Waals surface area contributed by atoms with Crippen LogP contribution in [0.5, 0.6) is 0 Å². The van der Waals surface area contributed by atoms with E-state index in [1.54, 1.807) is 0 Å². The molecule has 1 aromatic carbocycles. The minimum Gasteiger partial charge on any atom is -0.314 e. The summed E-state index contributed by atoms with van der Waals surface area (Å²) in [6, 6.07) is 7.11. The highest BCUT2D eigenvalue weighted by molar-refractivity contribution is 5.20. The molecule has 0 saturated carbocycles. The van der Waals surface area contributed by atoms with Gasteiger partial charge in [-0.15, -0.1) is 0 Å². The van der Waals surface area contributed by atoms with Gasteiger partial charge in [0, 0.05) is 38.8 Å². The molecule has 19 heavy (non-hydrogen) atoms. The lowest BCUT2D eigenvalue weighted by molar-refractivity contribution is 0.192. The third-order valence-corrected chi connectivity index (χ3v) is 3.86. The van der Waals surface area contributed by atoms with Gasteiger partial charge in [-0.2, -0.15) is 0 Å². The summed E-state index contributed by atoms with van der Waals surface area (Å²) in [5, 5.41) is 6.73. The third kappa shape index (κ3) is 4.00. The maximum atomic E-state index is 13.0. The van der Waals surface area contributed by atoms with Crippen LogP contribution in [0.4, 0.5) is 4.39 Å². The van der Waals surface area contributed by atoms with Crippen LogP contribution in [0.2, 0.25) is 0 Å². The van der Waals surface area contributed by atoms with Gasteiger partial charge in [-0.05, 0) is 30.7 Å². The molecule has 1 fully saturated rings. The number of benzene rings is 1. The van der Waals surface area contributed by atoms with Crippen LogP contribution in [0.1, 0.15) is 18.5 Å². The zero-order valence-corrected chi connectivity index (χ0v) is 11.8. The lowest BCUT2D eigenvalue weighted by Gasteiger charge is -2.33. The largest absolute Gasteiger partial charge is 0.314 e. The summed E-state index contributed by atoms with van der Waals surface area (Å²) in [7, 11) is 1.97. The average molecular weight is 265 g/mol. The van der Waals surface area contributed by atoms with Crippen LogP contribution in [0.15, 0.2) is 24.3 Å². The second-order valence-corrected chi connectivity index (χ2v) is 5.35. The Bertz CT molecular complexity index is 373. The predicted molar refractivity (Wildman–Crippen MR) is 76.7 cm³/mol. The Hall–Kier alpha value is -0.970. The molecule has 3 nitrogen and oxygen atoms in total. The molecule has 0 spiro atoms. The first-order chi connectivity index (χ1) is 9.20. The van der Waals surface area contributed by atoms with Crippen molar-refractivity contribution in [3.63, 3.8) is 0 Å². The zero-order chi connectivity index (χ0) is 13.7. The first-order valence-corrected chi connectivity index (χ1v) is 7.06. The molecule has 1 aliphatic heterocycles. The minimum absolute atomic E-state index is 0.173. The topological polar surface area (TPSA) is 27.3 Å². The van der Waals surface area contributed by atoms with E-state index in [1.165, 1.54) is 12.1 Å². The predicted octanol–water partition coefficient (Wildman–Crippen LogP) is 1.63. The molecule has 1 heterocycles. The average Bonchev–Trinajstić information content (AvgIpc) is 2.43. The van der Waals surface area contributed by atoms with E-state index in [1.807, 2.05) is 19.2 Å². The maximum absolute atomic E-state index is 13.0. The van der Waals surface area contributed by atoms with Crippen LogP contribution >= 0.6 is 0 Å². The van der Waals surface area contributed by atoms with E-state index >= 15 is 0 Å². The molecular weight excluding hydrogens is 241 g/mol. The highest BCUT2D eigenvalue weighted by Gasteiger charge is 2.21. The van der Waals surface area contributed by atoms with Gasteiger partial charge in [-0.1, -0.05) is 19.1 Å². The quantitative estimate of drug-likeness (QED) is 0.847. The molecule has 0 amide bonds. The standard InChI is InChI=1S/C15H24FN3/c1-12(11-19-9-7-18-8-10-19)15(17-2)13-3-5-14(16)6-4-13/h3-6,12,15,17-18H,7-11H2,1-2H3. The van der Waals surface area contributed by atoms with Crippen LogP contribution in [0.3, 0.4) is 0 Å². The molecular formula is C15H24FN3. The van der Waals surface area contributed by atoms with Gasteiger partial charge < -0.3 is 15.5 Å². The van der Waals surface area contributed by atoms with Gasteiger partial charge in [-0.25, -0.2) is 4.39 Å². The fourth-order valence-electron chi connectivity index (χ4n) is 2.86. The van der Waals surface area contributed by atoms with Gasteiger partial charge in [-0.3, -0.25) is 0 Å². The molecule has 1 aromatic rings. The van der Waals surface area contributed by atoms with Crippen LogP contribution in [0, 0.1) is 11.7 Å². The van der Waals surface area contributed by atoms with Crippen molar-refractivity contribution >= 4 is 0 Å². The molecule has 2 unspecified atom stereocenters. The monoisotopic (exact) mass is 265 g/mol. The van der Waals surface area contributed by atoms with Gasteiger partial charge in [0.1, 0.15) is 5.82 Å². The second-order valence-electron chi connectivity index (χ2n) is 5.35. The van der Waals surface area contributed by atoms with E-state index in [0.29, 0.717) is 5.92 Å². The number of piperazine rings is 1. The number of hydrogen-bond donors (Lipinski definition) is 2. The first-order valence-electron chi connectivity index (χ1n) is 7.06. The lowest BCUT2D eigenvalue weighted by Crippen LogP contribution is -2.46. The molecule has 1 saturated heterocycles. The van der Waals surface area contributed by atoms with Crippen molar-refractivity contribution in [3.05, 3.63) is 35.6 Å². The van der Waals surface area contributed by atoms with Gasteiger partial charge in [0.05, 0.1) is 0 Å². The number of hydrogen-bond acceptors (Lipinski definition) is 3. The van der Waals surface area contributed by atoms with Gasteiger partial charge in [0.15, 0.2) is 0 Å². The number of nitrogens with zero attached hydrogens (tertiary/aromatic N) is 1. The summed E-state index contributed by atoms with van der Waals surface area (Å²) in [6.07, 6.45) is 0. The Morgan fingerprint density at radius 1 is 1.26 bits per heavy atom. The second kappa shape index (κ2) is 6.98. The number of halogens is 1. The molecule has 4 heteroatoms. The Morgan fingerprint density at radius 2 is 1.89 bits per heavy atom. The highest BCUT2D eigenvalue weighted by Crippen LogP contribution is 2.22. The van der Waals surface area contributed by atoms with Crippen molar-refractivity contribution in [2.45, 2.75) is 13.0 Å². The van der Waals surface area contributed by atoms with Crippen molar-refractivity contribution in [2.24, 2.45) is 5.92 Å². The third-order valence-electron chi connectivity index (χ3n) is 3.86. The van der Waals surface area contributed by atoms with Crippen molar-refractivity contribution < 1.29 is 4.39 Å². The summed E-state index contributed by atoms with van der Waals surface area (Å²) in [5.74, 6) is 0.321. The molecule has 0 aromatic heterocycles. The number of nitrogens with one attached hydrogen (secondary N) is 2. The fourth-order valence-corrected chi connectivity index (χ4v) is 2.86. The van der Waals surface area contributed by atoms with Crippen LogP contribution in [0.25, 0.3) is 0 Å². The van der Waals surface area contributed by atoms with Crippen molar-refractivity contribution in [1.29, 1.82) is 0 Å². The summed E-state index contributed by atoms with van der Waals surface area (Å²) in [6.45, 7) is 7.71. The summed E-state index contributed by atoms with van der Waals surface area (Å²) in [4.78, 5) is 2.50. The van der Waals surface area contributed by atoms with E-state index in [9.17, 15) is 4.39 Å². The van der Waals surface area contributed by atoms with E-state index in [0.717, 1.165) is 38.3 Å². The van der Waals surface area contributed by atoms with Gasteiger partial charge in [0.2, 0.25) is 0 Å². The zero-order valence-electron chi connectivity index (χ0n) is 11.8. The van der Waals surface area contributed by atoms with E-state index in [-0.39, 0.29) is 11.9 Å². The van der Waals surface area contributed by atoms with Crippen LogP contribution < -0.4 is 10.6 Å². The van der Waals surface area contributed by atoms with E-state index in [4.69, 9.17) is 0 Å². The smallest absolute Gasteiger partial charge is 0.123 e. The molecule has 2 atom stereocenters. The van der Waals surface area contributed by atoms with Crippen molar-refractivity contribution in [1.82, 2.24) is 15.5 Å². The minimum atomic E-state index is -0.173. The Morgan fingerprint density at radius 3 is 2.47 bits per heavy atom. The van der Waals surface area contributed by atoms with Gasteiger partial charge in [0.25, 0.3) is 0 Å². The molecule has 106 valence electrons. The summed E-state index contributed by atoms with van der Waals surface area (Å²) < 4.78 is 13.0.